The van der Waals surface area contributed by atoms with Crippen molar-refractivity contribution in [2.75, 3.05) is 11.9 Å². The Morgan fingerprint density at radius 1 is 1.78 bits per heavy atom. The molecule has 0 spiro atoms. The molecular formula is C6H9N3. The Balaban J connectivity index is 2.56. The lowest BCUT2D eigenvalue weighted by Gasteiger charge is -1.91. The molecule has 0 aromatic carbocycles. The molecule has 1 N–H and O–H groups in total. The minimum absolute atomic E-state index is 1.07. The van der Waals surface area contributed by atoms with Gasteiger partial charge in [-0.3, -0.25) is 4.68 Å². The van der Waals surface area contributed by atoms with E-state index < -0.39 is 0 Å². The van der Waals surface area contributed by atoms with E-state index >= 15 is 0 Å². The average molecular weight is 123 g/mol. The van der Waals surface area contributed by atoms with Gasteiger partial charge in [0.2, 0.25) is 0 Å². The average Bonchev–Trinajstić information content (AvgIpc) is 2.35. The van der Waals surface area contributed by atoms with Gasteiger partial charge in [-0.25, -0.2) is 0 Å². The molecule has 1 aromatic rings. The largest absolute Gasteiger partial charge is 0.382 e. The Morgan fingerprint density at radius 2 is 2.67 bits per heavy atom. The van der Waals surface area contributed by atoms with Crippen LogP contribution in [0.5, 0.6) is 0 Å². The number of aryl methyl sites for hydroxylation is 1. The van der Waals surface area contributed by atoms with E-state index in [0.717, 1.165) is 13.0 Å². The minimum atomic E-state index is 1.07. The van der Waals surface area contributed by atoms with Gasteiger partial charge >= 0.3 is 0 Å². The topological polar surface area (TPSA) is 29.9 Å². The molecule has 0 aliphatic carbocycles. The van der Waals surface area contributed by atoms with Gasteiger partial charge in [0.1, 0.15) is 0 Å². The normalized spacial score (nSPS) is 15.2. The molecule has 48 valence electrons. The third-order valence-corrected chi connectivity index (χ3v) is 1.74. The predicted octanol–water partition coefficient (Wildman–Crippen LogP) is 0.388. The van der Waals surface area contributed by atoms with Crippen molar-refractivity contribution >= 4 is 5.69 Å². The minimum Gasteiger partial charge on any atom is -0.382 e. The summed E-state index contributed by atoms with van der Waals surface area (Å²) in [5.41, 5.74) is 2.53. The fourth-order valence-corrected chi connectivity index (χ4v) is 1.22. The molecule has 9 heavy (non-hydrogen) atoms. The molecule has 0 bridgehead atoms. The summed E-state index contributed by atoms with van der Waals surface area (Å²) >= 11 is 0. The lowest BCUT2D eigenvalue weighted by molar-refractivity contribution is 0.720. The van der Waals surface area contributed by atoms with Gasteiger partial charge in [0.25, 0.3) is 0 Å². The molecule has 0 atom stereocenters. The van der Waals surface area contributed by atoms with Gasteiger partial charge in [-0.1, -0.05) is 0 Å². The fraction of sp³-hybridized carbons (Fsp3) is 0.500. The van der Waals surface area contributed by atoms with Gasteiger partial charge in [0.15, 0.2) is 0 Å². The summed E-state index contributed by atoms with van der Waals surface area (Å²) in [6.07, 6.45) is 2.99. The van der Waals surface area contributed by atoms with Crippen LogP contribution in [-0.4, -0.2) is 16.3 Å². The van der Waals surface area contributed by atoms with Gasteiger partial charge in [-0.15, -0.1) is 0 Å². The highest BCUT2D eigenvalue weighted by Crippen LogP contribution is 2.19. The highest BCUT2D eigenvalue weighted by atomic mass is 15.3. The Morgan fingerprint density at radius 3 is 3.44 bits per heavy atom. The van der Waals surface area contributed by atoms with E-state index in [1.54, 1.807) is 0 Å². The van der Waals surface area contributed by atoms with Gasteiger partial charge in [0, 0.05) is 20.0 Å². The molecule has 0 saturated carbocycles. The third kappa shape index (κ3) is 0.542. The number of anilines is 1. The van der Waals surface area contributed by atoms with Crippen LogP contribution in [0.25, 0.3) is 0 Å². The van der Waals surface area contributed by atoms with Crippen molar-refractivity contribution in [2.45, 2.75) is 6.42 Å². The van der Waals surface area contributed by atoms with E-state index in [0.29, 0.717) is 0 Å². The Hall–Kier alpha value is -0.990. The van der Waals surface area contributed by atoms with Crippen molar-refractivity contribution in [3.05, 3.63) is 11.9 Å². The van der Waals surface area contributed by atoms with Crippen LogP contribution in [0.15, 0.2) is 6.20 Å². The van der Waals surface area contributed by atoms with Crippen molar-refractivity contribution in [1.82, 2.24) is 9.78 Å². The van der Waals surface area contributed by atoms with Gasteiger partial charge in [-0.05, 0) is 0 Å². The maximum Gasteiger partial charge on any atom is 0.0759 e. The molecule has 0 saturated heterocycles. The van der Waals surface area contributed by atoms with Crippen LogP contribution in [0.3, 0.4) is 0 Å². The van der Waals surface area contributed by atoms with E-state index in [-0.39, 0.29) is 0 Å². The predicted molar refractivity (Wildman–Crippen MR) is 35.4 cm³/mol. The SMILES string of the molecule is Cn1ncc2c1CCN2. The Labute approximate surface area is 53.7 Å². The van der Waals surface area contributed by atoms with E-state index in [1.165, 1.54) is 11.4 Å². The van der Waals surface area contributed by atoms with Crippen LogP contribution < -0.4 is 5.32 Å². The summed E-state index contributed by atoms with van der Waals surface area (Å²) < 4.78 is 1.93. The van der Waals surface area contributed by atoms with Crippen LogP contribution in [0, 0.1) is 0 Å². The van der Waals surface area contributed by atoms with Crippen LogP contribution >= 0.6 is 0 Å². The first-order valence-electron chi connectivity index (χ1n) is 3.12. The van der Waals surface area contributed by atoms with E-state index in [2.05, 4.69) is 10.4 Å². The van der Waals surface area contributed by atoms with E-state index in [9.17, 15) is 0 Å². The summed E-state index contributed by atoms with van der Waals surface area (Å²) in [5, 5.41) is 7.33. The van der Waals surface area contributed by atoms with Crippen LogP contribution in [-0.2, 0) is 13.5 Å². The summed E-state index contributed by atoms with van der Waals surface area (Å²) in [4.78, 5) is 0. The number of aromatic nitrogens is 2. The van der Waals surface area contributed by atoms with Crippen molar-refractivity contribution in [3.63, 3.8) is 0 Å². The first-order chi connectivity index (χ1) is 4.38. The molecule has 0 unspecified atom stereocenters. The number of fused-ring (bicyclic) bond motifs is 1. The Kier molecular flexibility index (Phi) is 0.806. The van der Waals surface area contributed by atoms with Gasteiger partial charge in [-0.2, -0.15) is 5.10 Å². The molecule has 1 aliphatic heterocycles. The fourth-order valence-electron chi connectivity index (χ4n) is 1.22. The molecule has 3 heteroatoms. The maximum atomic E-state index is 4.09. The number of hydrogen-bond donors (Lipinski definition) is 1. The zero-order valence-corrected chi connectivity index (χ0v) is 5.39. The summed E-state index contributed by atoms with van der Waals surface area (Å²) in [6.45, 7) is 1.07. The lowest BCUT2D eigenvalue weighted by Crippen LogP contribution is -1.97. The second-order valence-electron chi connectivity index (χ2n) is 2.31. The standard InChI is InChI=1S/C6H9N3/c1-9-6-2-3-7-5(6)4-8-9/h4,7H,2-3H2,1H3. The third-order valence-electron chi connectivity index (χ3n) is 1.74. The lowest BCUT2D eigenvalue weighted by atomic mass is 10.3. The molecule has 3 nitrogen and oxygen atoms in total. The summed E-state index contributed by atoms with van der Waals surface area (Å²) in [6, 6.07) is 0. The molecule has 1 aliphatic rings. The van der Waals surface area contributed by atoms with Crippen LogP contribution in [0.1, 0.15) is 5.69 Å². The molecule has 2 rings (SSSR count). The Bertz CT molecular complexity index is 226. The number of hydrogen-bond acceptors (Lipinski definition) is 2. The van der Waals surface area contributed by atoms with Crippen molar-refractivity contribution < 1.29 is 0 Å². The zero-order chi connectivity index (χ0) is 6.27. The van der Waals surface area contributed by atoms with Gasteiger partial charge < -0.3 is 5.32 Å². The highest BCUT2D eigenvalue weighted by Gasteiger charge is 2.12. The maximum absolute atomic E-state index is 4.09. The first-order valence-corrected chi connectivity index (χ1v) is 3.12. The summed E-state index contributed by atoms with van der Waals surface area (Å²) in [7, 11) is 1.98. The first kappa shape index (κ1) is 4.85. The zero-order valence-electron chi connectivity index (χ0n) is 5.39. The molecule has 0 fully saturated rings. The van der Waals surface area contributed by atoms with E-state index in [4.69, 9.17) is 0 Å². The monoisotopic (exact) mass is 123 g/mol. The molecule has 1 aromatic heterocycles. The molecular weight excluding hydrogens is 114 g/mol. The summed E-state index contributed by atoms with van der Waals surface area (Å²) in [5.74, 6) is 0. The van der Waals surface area contributed by atoms with Crippen molar-refractivity contribution in [2.24, 2.45) is 7.05 Å². The number of nitrogens with zero attached hydrogens (tertiary/aromatic N) is 2. The smallest absolute Gasteiger partial charge is 0.0759 e. The van der Waals surface area contributed by atoms with Crippen LogP contribution in [0.2, 0.25) is 0 Å². The molecule has 0 radical (unpaired) electrons. The second-order valence-corrected chi connectivity index (χ2v) is 2.31. The highest BCUT2D eigenvalue weighted by molar-refractivity contribution is 5.50. The van der Waals surface area contributed by atoms with Crippen molar-refractivity contribution in [1.29, 1.82) is 0 Å². The number of rotatable bonds is 0. The van der Waals surface area contributed by atoms with Crippen molar-refractivity contribution in [3.8, 4) is 0 Å². The van der Waals surface area contributed by atoms with E-state index in [1.807, 2.05) is 17.9 Å². The van der Waals surface area contributed by atoms with Crippen LogP contribution in [0.4, 0.5) is 5.69 Å². The molecule has 2 heterocycles. The number of nitrogens with one attached hydrogen (secondary N) is 1. The molecule has 0 amide bonds. The quantitative estimate of drug-likeness (QED) is 0.540. The second kappa shape index (κ2) is 1.50. The van der Waals surface area contributed by atoms with Gasteiger partial charge in [0.05, 0.1) is 17.6 Å².